The highest BCUT2D eigenvalue weighted by molar-refractivity contribution is 5.53. The minimum Gasteiger partial charge on any atom is -0.306 e. The number of hydrogen-bond donors (Lipinski definition) is 1. The first kappa shape index (κ1) is 7.95. The molecule has 1 atom stereocenters. The van der Waals surface area contributed by atoms with Crippen molar-refractivity contribution in [2.45, 2.75) is 13.1 Å². The summed E-state index contributed by atoms with van der Waals surface area (Å²) in [4.78, 5) is 4.05. The first-order chi connectivity index (χ1) is 5.34. The van der Waals surface area contributed by atoms with Gasteiger partial charge in [0, 0.05) is 0 Å². The van der Waals surface area contributed by atoms with Gasteiger partial charge in [-0.15, -0.1) is 0 Å². The Morgan fingerprint density at radius 1 is 1.36 bits per heavy atom. The normalized spacial score (nSPS) is 13.6. The number of hydrogen-bond acceptors (Lipinski definition) is 2. The van der Waals surface area contributed by atoms with Gasteiger partial charge in [-0.25, -0.2) is 0 Å². The highest BCUT2D eigenvalue weighted by atomic mass is 14.9. The number of benzene rings is 1. The first-order valence-corrected chi connectivity index (χ1v) is 3.63. The molecule has 1 unspecified atom stereocenters. The van der Waals surface area contributed by atoms with Crippen molar-refractivity contribution in [3.05, 3.63) is 35.9 Å². The van der Waals surface area contributed by atoms with E-state index in [1.165, 1.54) is 0 Å². The number of nitrogens with two attached hydrogens (primary N) is 1. The molecule has 2 nitrogen and oxygen atoms in total. The van der Waals surface area contributed by atoms with E-state index in [-0.39, 0.29) is 6.17 Å². The molecule has 0 aliphatic rings. The second-order valence-electron chi connectivity index (χ2n) is 2.26. The maximum absolute atomic E-state index is 5.71. The molecule has 2 N–H and O–H groups in total. The summed E-state index contributed by atoms with van der Waals surface area (Å²) in [6, 6.07) is 9.82. The summed E-state index contributed by atoms with van der Waals surface area (Å²) in [5.41, 5.74) is 6.75. The van der Waals surface area contributed by atoms with Crippen LogP contribution in [0, 0.1) is 0 Å². The Hall–Kier alpha value is -1.15. The zero-order valence-corrected chi connectivity index (χ0v) is 6.57. The lowest BCUT2D eigenvalue weighted by Gasteiger charge is -2.04. The van der Waals surface area contributed by atoms with Crippen LogP contribution in [-0.4, -0.2) is 6.21 Å². The van der Waals surface area contributed by atoms with Crippen LogP contribution in [0.5, 0.6) is 0 Å². The second-order valence-corrected chi connectivity index (χ2v) is 2.26. The summed E-state index contributed by atoms with van der Waals surface area (Å²) < 4.78 is 0. The Morgan fingerprint density at radius 2 is 2.00 bits per heavy atom. The highest BCUT2D eigenvalue weighted by Gasteiger charge is 1.98. The lowest BCUT2D eigenvalue weighted by atomic mass is 10.2. The predicted molar refractivity (Wildman–Crippen MR) is 47.5 cm³/mol. The van der Waals surface area contributed by atoms with Crippen molar-refractivity contribution in [3.63, 3.8) is 0 Å². The third-order valence-electron chi connectivity index (χ3n) is 1.45. The highest BCUT2D eigenvalue weighted by Crippen LogP contribution is 2.09. The maximum atomic E-state index is 5.71. The molecule has 1 rings (SSSR count). The van der Waals surface area contributed by atoms with Crippen LogP contribution in [0.25, 0.3) is 0 Å². The van der Waals surface area contributed by atoms with E-state index in [2.05, 4.69) is 4.99 Å². The van der Waals surface area contributed by atoms with Gasteiger partial charge in [-0.3, -0.25) is 4.99 Å². The third-order valence-corrected chi connectivity index (χ3v) is 1.45. The van der Waals surface area contributed by atoms with Crippen molar-refractivity contribution in [1.29, 1.82) is 0 Å². The van der Waals surface area contributed by atoms with E-state index in [4.69, 9.17) is 5.73 Å². The van der Waals surface area contributed by atoms with Gasteiger partial charge in [-0.05, 0) is 18.7 Å². The Kier molecular flexibility index (Phi) is 2.81. The Labute approximate surface area is 66.8 Å². The van der Waals surface area contributed by atoms with E-state index in [0.717, 1.165) is 5.56 Å². The predicted octanol–water partition coefficient (Wildman–Crippen LogP) is 1.73. The van der Waals surface area contributed by atoms with Gasteiger partial charge in [-0.1, -0.05) is 30.3 Å². The van der Waals surface area contributed by atoms with Gasteiger partial charge in [0.05, 0.1) is 0 Å². The summed E-state index contributed by atoms with van der Waals surface area (Å²) in [5.74, 6) is 0. The zero-order chi connectivity index (χ0) is 8.10. The molecule has 0 amide bonds. The minimum atomic E-state index is -0.207. The standard InChI is InChI=1S/C9H12N2/c1-2-11-9(10)8-6-4-3-5-7-8/h2-7,9H,10H2,1H3. The topological polar surface area (TPSA) is 38.4 Å². The van der Waals surface area contributed by atoms with Crippen LogP contribution in [0.3, 0.4) is 0 Å². The molecule has 1 aromatic rings. The molecule has 0 aliphatic heterocycles. The van der Waals surface area contributed by atoms with Crippen LogP contribution < -0.4 is 5.73 Å². The van der Waals surface area contributed by atoms with Gasteiger partial charge in [0.15, 0.2) is 0 Å². The summed E-state index contributed by atoms with van der Waals surface area (Å²) in [6.07, 6.45) is 1.51. The van der Waals surface area contributed by atoms with Crippen LogP contribution in [0.1, 0.15) is 18.7 Å². The van der Waals surface area contributed by atoms with Crippen molar-refractivity contribution < 1.29 is 0 Å². The van der Waals surface area contributed by atoms with Gasteiger partial charge in [0.25, 0.3) is 0 Å². The van der Waals surface area contributed by atoms with E-state index in [9.17, 15) is 0 Å². The monoisotopic (exact) mass is 148 g/mol. The van der Waals surface area contributed by atoms with Crippen LogP contribution in [0.4, 0.5) is 0 Å². The molecular weight excluding hydrogens is 136 g/mol. The van der Waals surface area contributed by atoms with Gasteiger partial charge in [-0.2, -0.15) is 0 Å². The molecule has 11 heavy (non-hydrogen) atoms. The molecule has 0 heterocycles. The molecule has 0 radical (unpaired) electrons. The largest absolute Gasteiger partial charge is 0.306 e. The van der Waals surface area contributed by atoms with Crippen LogP contribution in [-0.2, 0) is 0 Å². The molecule has 2 heteroatoms. The zero-order valence-electron chi connectivity index (χ0n) is 6.57. The summed E-state index contributed by atoms with van der Waals surface area (Å²) in [7, 11) is 0. The van der Waals surface area contributed by atoms with Crippen LogP contribution in [0.15, 0.2) is 35.3 Å². The Morgan fingerprint density at radius 3 is 2.55 bits per heavy atom. The molecule has 0 fully saturated rings. The SMILES string of the molecule is CC=NC(N)c1ccccc1. The molecule has 0 saturated heterocycles. The summed E-state index contributed by atoms with van der Waals surface area (Å²) in [5, 5.41) is 0. The van der Waals surface area contributed by atoms with Gasteiger partial charge in [0.1, 0.15) is 6.17 Å². The average molecular weight is 148 g/mol. The van der Waals surface area contributed by atoms with E-state index in [1.54, 1.807) is 6.21 Å². The van der Waals surface area contributed by atoms with Crippen molar-refractivity contribution in [2.75, 3.05) is 0 Å². The van der Waals surface area contributed by atoms with E-state index in [1.807, 2.05) is 37.3 Å². The molecule has 0 aromatic heterocycles. The molecular formula is C9H12N2. The third kappa shape index (κ3) is 2.16. The Balaban J connectivity index is 2.76. The van der Waals surface area contributed by atoms with Gasteiger partial charge < -0.3 is 5.73 Å². The van der Waals surface area contributed by atoms with Crippen molar-refractivity contribution in [2.24, 2.45) is 10.7 Å². The molecule has 0 spiro atoms. The maximum Gasteiger partial charge on any atom is 0.122 e. The van der Waals surface area contributed by atoms with Crippen LogP contribution >= 0.6 is 0 Å². The minimum absolute atomic E-state index is 0.207. The second kappa shape index (κ2) is 3.88. The molecule has 0 aliphatic carbocycles. The molecule has 1 aromatic carbocycles. The Bertz CT molecular complexity index is 229. The fourth-order valence-corrected chi connectivity index (χ4v) is 0.897. The smallest absolute Gasteiger partial charge is 0.122 e. The lowest BCUT2D eigenvalue weighted by molar-refractivity contribution is 0.780. The van der Waals surface area contributed by atoms with Crippen molar-refractivity contribution in [3.8, 4) is 0 Å². The van der Waals surface area contributed by atoms with E-state index >= 15 is 0 Å². The van der Waals surface area contributed by atoms with Gasteiger partial charge >= 0.3 is 0 Å². The lowest BCUT2D eigenvalue weighted by Crippen LogP contribution is -2.06. The fourth-order valence-electron chi connectivity index (χ4n) is 0.897. The van der Waals surface area contributed by atoms with Crippen molar-refractivity contribution >= 4 is 6.21 Å². The first-order valence-electron chi connectivity index (χ1n) is 3.63. The average Bonchev–Trinajstić information content (AvgIpc) is 2.07. The summed E-state index contributed by atoms with van der Waals surface area (Å²) >= 11 is 0. The molecule has 58 valence electrons. The van der Waals surface area contributed by atoms with Crippen LogP contribution in [0.2, 0.25) is 0 Å². The molecule has 0 bridgehead atoms. The van der Waals surface area contributed by atoms with E-state index in [0.29, 0.717) is 0 Å². The van der Waals surface area contributed by atoms with E-state index < -0.39 is 0 Å². The quantitative estimate of drug-likeness (QED) is 0.637. The van der Waals surface area contributed by atoms with Crippen molar-refractivity contribution in [1.82, 2.24) is 0 Å². The number of nitrogens with zero attached hydrogens (tertiary/aromatic N) is 1. The fraction of sp³-hybridized carbons (Fsp3) is 0.222. The van der Waals surface area contributed by atoms with Gasteiger partial charge in [0.2, 0.25) is 0 Å². The number of rotatable bonds is 2. The number of aliphatic imine (C=N–C) groups is 1. The molecule has 0 saturated carbocycles. The summed E-state index contributed by atoms with van der Waals surface area (Å²) in [6.45, 7) is 1.86.